The number of amides is 2. The molecule has 4 heteroatoms. The van der Waals surface area contributed by atoms with Crippen molar-refractivity contribution in [2.75, 3.05) is 11.4 Å². The maximum Gasteiger partial charge on any atom is 0.258 e. The van der Waals surface area contributed by atoms with E-state index in [1.54, 1.807) is 4.90 Å². The van der Waals surface area contributed by atoms with E-state index in [1.165, 1.54) is 0 Å². The van der Waals surface area contributed by atoms with Crippen LogP contribution in [0.4, 0.5) is 5.69 Å². The predicted molar refractivity (Wildman–Crippen MR) is 121 cm³/mol. The van der Waals surface area contributed by atoms with Gasteiger partial charge in [-0.1, -0.05) is 74.5 Å². The quantitative estimate of drug-likeness (QED) is 0.588. The Hall–Kier alpha value is -3.40. The highest BCUT2D eigenvalue weighted by Crippen LogP contribution is 2.21. The van der Waals surface area contributed by atoms with Crippen molar-refractivity contribution in [1.82, 2.24) is 5.32 Å². The molecular formula is C26H28N2O2. The summed E-state index contributed by atoms with van der Waals surface area (Å²) in [6.07, 6.45) is 0.332. The molecule has 2 amide bonds. The van der Waals surface area contributed by atoms with E-state index in [2.05, 4.69) is 19.2 Å². The lowest BCUT2D eigenvalue weighted by molar-refractivity contribution is -0.120. The van der Waals surface area contributed by atoms with Gasteiger partial charge in [0.05, 0.1) is 13.0 Å². The van der Waals surface area contributed by atoms with Gasteiger partial charge in [0.25, 0.3) is 5.91 Å². The fourth-order valence-corrected chi connectivity index (χ4v) is 3.14. The van der Waals surface area contributed by atoms with Crippen LogP contribution in [0.2, 0.25) is 0 Å². The number of hydrogen-bond donors (Lipinski definition) is 1. The molecule has 0 radical (unpaired) electrons. The molecular weight excluding hydrogens is 372 g/mol. The third-order valence-electron chi connectivity index (χ3n) is 4.77. The van der Waals surface area contributed by atoms with Crippen LogP contribution < -0.4 is 10.2 Å². The van der Waals surface area contributed by atoms with Gasteiger partial charge in [0.1, 0.15) is 0 Å². The maximum absolute atomic E-state index is 13.2. The highest BCUT2D eigenvalue weighted by Gasteiger charge is 2.18. The van der Waals surface area contributed by atoms with Crippen LogP contribution >= 0.6 is 0 Å². The summed E-state index contributed by atoms with van der Waals surface area (Å²) in [7, 11) is 0. The minimum absolute atomic E-state index is 0.0120. The first-order valence-corrected chi connectivity index (χ1v) is 10.3. The zero-order valence-electron chi connectivity index (χ0n) is 17.5. The number of rotatable bonds is 8. The molecule has 3 rings (SSSR count). The summed E-state index contributed by atoms with van der Waals surface area (Å²) >= 11 is 0. The molecule has 0 atom stereocenters. The van der Waals surface area contributed by atoms with E-state index in [-0.39, 0.29) is 11.8 Å². The van der Waals surface area contributed by atoms with Gasteiger partial charge in [0.2, 0.25) is 5.91 Å². The van der Waals surface area contributed by atoms with Crippen LogP contribution in [-0.2, 0) is 17.8 Å². The van der Waals surface area contributed by atoms with E-state index < -0.39 is 0 Å². The molecule has 3 aromatic rings. The van der Waals surface area contributed by atoms with Gasteiger partial charge in [0.15, 0.2) is 0 Å². The van der Waals surface area contributed by atoms with Gasteiger partial charge >= 0.3 is 0 Å². The number of benzene rings is 3. The number of carbonyl (C=O) groups excluding carboxylic acids is 2. The highest BCUT2D eigenvalue weighted by molar-refractivity contribution is 6.06. The van der Waals surface area contributed by atoms with Crippen molar-refractivity contribution in [3.8, 4) is 0 Å². The van der Waals surface area contributed by atoms with Crippen molar-refractivity contribution >= 4 is 17.5 Å². The number of hydrogen-bond acceptors (Lipinski definition) is 2. The summed E-state index contributed by atoms with van der Waals surface area (Å²) in [4.78, 5) is 27.1. The molecule has 0 aliphatic carbocycles. The molecule has 3 aromatic carbocycles. The fourth-order valence-electron chi connectivity index (χ4n) is 3.14. The van der Waals surface area contributed by atoms with Crippen LogP contribution in [-0.4, -0.2) is 18.4 Å². The molecule has 0 aliphatic heterocycles. The Bertz CT molecular complexity index is 951. The van der Waals surface area contributed by atoms with Crippen LogP contribution in [0.3, 0.4) is 0 Å². The lowest BCUT2D eigenvalue weighted by Gasteiger charge is -2.23. The summed E-state index contributed by atoms with van der Waals surface area (Å²) in [5.41, 5.74) is 3.43. The monoisotopic (exact) mass is 400 g/mol. The van der Waals surface area contributed by atoms with Gasteiger partial charge in [0, 0.05) is 17.8 Å². The smallest absolute Gasteiger partial charge is 0.258 e. The van der Waals surface area contributed by atoms with E-state index in [0.717, 1.165) is 16.8 Å². The van der Waals surface area contributed by atoms with Crippen molar-refractivity contribution in [3.05, 3.63) is 102 Å². The zero-order chi connectivity index (χ0) is 21.3. The molecule has 0 saturated heterocycles. The van der Waals surface area contributed by atoms with Gasteiger partial charge < -0.3 is 10.2 Å². The van der Waals surface area contributed by atoms with Crippen LogP contribution in [0.25, 0.3) is 0 Å². The Morgan fingerprint density at radius 1 is 0.800 bits per heavy atom. The lowest BCUT2D eigenvalue weighted by atomic mass is 10.1. The minimum atomic E-state index is -0.0538. The standard InChI is InChI=1S/C26H28N2O2/c1-20(2)18-27-25(29)17-21-13-15-24(16-14-21)28(19-22-9-5-3-6-10-22)26(30)23-11-7-4-8-12-23/h3-16,20H,17-19H2,1-2H3,(H,27,29). The second-order valence-electron chi connectivity index (χ2n) is 7.78. The summed E-state index contributed by atoms with van der Waals surface area (Å²) < 4.78 is 0. The Balaban J connectivity index is 1.79. The van der Waals surface area contributed by atoms with Crippen molar-refractivity contribution in [3.63, 3.8) is 0 Å². The van der Waals surface area contributed by atoms with Crippen molar-refractivity contribution in [2.24, 2.45) is 5.92 Å². The normalized spacial score (nSPS) is 10.6. The first-order valence-electron chi connectivity index (χ1n) is 10.3. The Labute approximate surface area is 178 Å². The van der Waals surface area contributed by atoms with Crippen molar-refractivity contribution < 1.29 is 9.59 Å². The molecule has 0 bridgehead atoms. The second-order valence-corrected chi connectivity index (χ2v) is 7.78. The predicted octanol–water partition coefficient (Wildman–Crippen LogP) is 4.85. The molecule has 1 N–H and O–H groups in total. The molecule has 0 saturated carbocycles. The van der Waals surface area contributed by atoms with Crippen LogP contribution in [0, 0.1) is 5.92 Å². The van der Waals surface area contributed by atoms with E-state index in [0.29, 0.717) is 31.0 Å². The molecule has 0 aliphatic rings. The Morgan fingerprint density at radius 3 is 2.00 bits per heavy atom. The number of nitrogens with one attached hydrogen (secondary N) is 1. The van der Waals surface area contributed by atoms with Gasteiger partial charge in [-0.2, -0.15) is 0 Å². The van der Waals surface area contributed by atoms with E-state index in [9.17, 15) is 9.59 Å². The molecule has 0 aromatic heterocycles. The number of nitrogens with zero attached hydrogens (tertiary/aromatic N) is 1. The van der Waals surface area contributed by atoms with E-state index in [1.807, 2.05) is 84.9 Å². The van der Waals surface area contributed by atoms with Crippen molar-refractivity contribution in [1.29, 1.82) is 0 Å². The third kappa shape index (κ3) is 6.05. The lowest BCUT2D eigenvalue weighted by Crippen LogP contribution is -2.30. The topological polar surface area (TPSA) is 49.4 Å². The van der Waals surface area contributed by atoms with Gasteiger partial charge in [-0.25, -0.2) is 0 Å². The largest absolute Gasteiger partial charge is 0.356 e. The van der Waals surface area contributed by atoms with Crippen LogP contribution in [0.1, 0.15) is 35.3 Å². The van der Waals surface area contributed by atoms with Gasteiger partial charge in [-0.05, 0) is 41.3 Å². The molecule has 30 heavy (non-hydrogen) atoms. The SMILES string of the molecule is CC(C)CNC(=O)Cc1ccc(N(Cc2ccccc2)C(=O)c2ccccc2)cc1. The van der Waals surface area contributed by atoms with Crippen LogP contribution in [0.15, 0.2) is 84.9 Å². The average molecular weight is 401 g/mol. The van der Waals surface area contributed by atoms with Crippen molar-refractivity contribution in [2.45, 2.75) is 26.8 Å². The third-order valence-corrected chi connectivity index (χ3v) is 4.77. The molecule has 0 unspecified atom stereocenters. The summed E-state index contributed by atoms with van der Waals surface area (Å²) in [6.45, 7) is 5.29. The maximum atomic E-state index is 13.2. The Kier molecular flexibility index (Phi) is 7.39. The van der Waals surface area contributed by atoms with E-state index in [4.69, 9.17) is 0 Å². The molecule has 0 fully saturated rings. The van der Waals surface area contributed by atoms with E-state index >= 15 is 0 Å². The van der Waals surface area contributed by atoms with Gasteiger partial charge in [-0.15, -0.1) is 0 Å². The minimum Gasteiger partial charge on any atom is -0.356 e. The summed E-state index contributed by atoms with van der Waals surface area (Å²) in [6, 6.07) is 26.9. The first kappa shape index (κ1) is 21.3. The van der Waals surface area contributed by atoms with Crippen LogP contribution in [0.5, 0.6) is 0 Å². The molecule has 0 heterocycles. The highest BCUT2D eigenvalue weighted by atomic mass is 16.2. The fraction of sp³-hybridized carbons (Fsp3) is 0.231. The second kappa shape index (κ2) is 10.4. The molecule has 0 spiro atoms. The molecule has 154 valence electrons. The number of carbonyl (C=O) groups is 2. The first-order chi connectivity index (χ1) is 14.5. The zero-order valence-corrected chi connectivity index (χ0v) is 17.5. The van der Waals surface area contributed by atoms with Gasteiger partial charge in [-0.3, -0.25) is 9.59 Å². The summed E-state index contributed by atoms with van der Waals surface area (Å²) in [5.74, 6) is 0.381. The number of anilines is 1. The summed E-state index contributed by atoms with van der Waals surface area (Å²) in [5, 5.41) is 2.94. The molecule has 4 nitrogen and oxygen atoms in total. The average Bonchev–Trinajstić information content (AvgIpc) is 2.77. The Morgan fingerprint density at radius 2 is 1.40 bits per heavy atom.